The minimum Gasteiger partial charge on any atom is -0.508 e. The molecule has 4 heteroatoms. The van der Waals surface area contributed by atoms with Gasteiger partial charge in [-0.2, -0.15) is 0 Å². The minimum atomic E-state index is -0.279. The van der Waals surface area contributed by atoms with E-state index in [1.54, 1.807) is 0 Å². The second-order valence-corrected chi connectivity index (χ2v) is 6.57. The van der Waals surface area contributed by atoms with Crippen LogP contribution in [0.1, 0.15) is 44.7 Å². The molecular formula is C17H25FN2O. The van der Waals surface area contributed by atoms with Gasteiger partial charge < -0.3 is 5.11 Å². The molecular weight excluding hydrogens is 267 g/mol. The van der Waals surface area contributed by atoms with Crippen LogP contribution in [0.3, 0.4) is 0 Å². The molecule has 21 heavy (non-hydrogen) atoms. The molecule has 3 unspecified atom stereocenters. The summed E-state index contributed by atoms with van der Waals surface area (Å²) in [6, 6.07) is 5.33. The average Bonchev–Trinajstić information content (AvgIpc) is 2.48. The second-order valence-electron chi connectivity index (χ2n) is 6.57. The van der Waals surface area contributed by atoms with Crippen LogP contribution in [0.15, 0.2) is 18.2 Å². The van der Waals surface area contributed by atoms with Crippen molar-refractivity contribution in [2.24, 2.45) is 0 Å². The van der Waals surface area contributed by atoms with Crippen molar-refractivity contribution >= 4 is 0 Å². The monoisotopic (exact) mass is 292 g/mol. The van der Waals surface area contributed by atoms with Gasteiger partial charge in [-0.1, -0.05) is 6.42 Å². The second kappa shape index (κ2) is 5.93. The summed E-state index contributed by atoms with van der Waals surface area (Å²) in [7, 11) is 0. The van der Waals surface area contributed by atoms with Crippen molar-refractivity contribution in [2.45, 2.75) is 51.2 Å². The van der Waals surface area contributed by atoms with Crippen molar-refractivity contribution in [3.63, 3.8) is 0 Å². The molecule has 116 valence electrons. The number of rotatable bonds is 2. The number of halogens is 1. The summed E-state index contributed by atoms with van der Waals surface area (Å²) in [5.41, 5.74) is 0.700. The van der Waals surface area contributed by atoms with E-state index in [4.69, 9.17) is 0 Å². The van der Waals surface area contributed by atoms with E-state index in [2.05, 4.69) is 23.6 Å². The number of hydrogen-bond acceptors (Lipinski definition) is 3. The average molecular weight is 292 g/mol. The van der Waals surface area contributed by atoms with Gasteiger partial charge in [0.2, 0.25) is 0 Å². The Morgan fingerprint density at radius 2 is 2.10 bits per heavy atom. The van der Waals surface area contributed by atoms with Crippen molar-refractivity contribution in [2.75, 3.05) is 19.6 Å². The summed E-state index contributed by atoms with van der Waals surface area (Å²) in [6.45, 7) is 7.60. The van der Waals surface area contributed by atoms with E-state index in [0.717, 1.165) is 13.1 Å². The normalized spacial score (nSPS) is 29.1. The van der Waals surface area contributed by atoms with Gasteiger partial charge >= 0.3 is 0 Å². The Bertz CT molecular complexity index is 508. The zero-order chi connectivity index (χ0) is 15.0. The molecule has 2 heterocycles. The van der Waals surface area contributed by atoms with Crippen molar-refractivity contribution in [1.29, 1.82) is 0 Å². The lowest BCUT2D eigenvalue weighted by atomic mass is 9.94. The number of piperazine rings is 1. The van der Waals surface area contributed by atoms with Gasteiger partial charge in [0.25, 0.3) is 0 Å². The summed E-state index contributed by atoms with van der Waals surface area (Å²) in [5.74, 6) is -0.0826. The van der Waals surface area contributed by atoms with Gasteiger partial charge in [-0.25, -0.2) is 4.39 Å². The van der Waals surface area contributed by atoms with Crippen LogP contribution in [0.2, 0.25) is 0 Å². The first-order chi connectivity index (χ1) is 10.1. The third-order valence-electron chi connectivity index (χ3n) is 5.17. The Morgan fingerprint density at radius 1 is 1.29 bits per heavy atom. The first-order valence-corrected chi connectivity index (χ1v) is 8.04. The SMILES string of the molecule is CC1CN2CCCCC2CN1C(C)c1cc(F)ccc1O. The van der Waals surface area contributed by atoms with E-state index in [9.17, 15) is 9.50 Å². The summed E-state index contributed by atoms with van der Waals surface area (Å²) >= 11 is 0. The Morgan fingerprint density at radius 3 is 2.90 bits per heavy atom. The third-order valence-corrected chi connectivity index (χ3v) is 5.17. The molecule has 1 aromatic carbocycles. The van der Waals surface area contributed by atoms with Gasteiger partial charge in [-0.15, -0.1) is 0 Å². The van der Waals surface area contributed by atoms with Crippen LogP contribution in [0, 0.1) is 5.82 Å². The molecule has 2 saturated heterocycles. The standard InChI is InChI=1S/C17H25FN2O/c1-12-10-19-8-4-3-5-15(19)11-20(12)13(2)16-9-14(18)6-7-17(16)21/h6-7,9,12-13,15,21H,3-5,8,10-11H2,1-2H3. The molecule has 0 aromatic heterocycles. The lowest BCUT2D eigenvalue weighted by Crippen LogP contribution is -2.58. The van der Waals surface area contributed by atoms with Crippen LogP contribution < -0.4 is 0 Å². The first kappa shape index (κ1) is 14.8. The van der Waals surface area contributed by atoms with Crippen molar-refractivity contribution in [1.82, 2.24) is 9.80 Å². The number of aromatic hydroxyl groups is 1. The maximum Gasteiger partial charge on any atom is 0.123 e. The molecule has 3 atom stereocenters. The zero-order valence-corrected chi connectivity index (χ0v) is 12.9. The quantitative estimate of drug-likeness (QED) is 0.907. The van der Waals surface area contributed by atoms with Gasteiger partial charge in [0.05, 0.1) is 0 Å². The van der Waals surface area contributed by atoms with E-state index in [-0.39, 0.29) is 17.6 Å². The van der Waals surface area contributed by atoms with Crippen LogP contribution >= 0.6 is 0 Å². The lowest BCUT2D eigenvalue weighted by Gasteiger charge is -2.49. The molecule has 2 aliphatic rings. The Kier molecular flexibility index (Phi) is 4.18. The largest absolute Gasteiger partial charge is 0.508 e. The minimum absolute atomic E-state index is 0.0415. The molecule has 0 saturated carbocycles. The molecule has 0 bridgehead atoms. The molecule has 2 aliphatic heterocycles. The number of benzene rings is 1. The summed E-state index contributed by atoms with van der Waals surface area (Å²) < 4.78 is 13.5. The highest BCUT2D eigenvalue weighted by Crippen LogP contribution is 2.34. The highest BCUT2D eigenvalue weighted by Gasteiger charge is 2.35. The summed E-state index contributed by atoms with van der Waals surface area (Å²) in [5, 5.41) is 10.1. The predicted molar refractivity (Wildman–Crippen MR) is 81.9 cm³/mol. The van der Waals surface area contributed by atoms with Crippen LogP contribution in [0.5, 0.6) is 5.75 Å². The summed E-state index contributed by atoms with van der Waals surface area (Å²) in [6.07, 6.45) is 3.87. The van der Waals surface area contributed by atoms with Gasteiger partial charge in [0, 0.05) is 36.8 Å². The number of piperidine rings is 1. The Labute approximate surface area is 126 Å². The van der Waals surface area contributed by atoms with E-state index in [0.29, 0.717) is 17.6 Å². The molecule has 0 aliphatic carbocycles. The van der Waals surface area contributed by atoms with E-state index >= 15 is 0 Å². The summed E-state index contributed by atoms with van der Waals surface area (Å²) in [4.78, 5) is 5.02. The molecule has 2 fully saturated rings. The highest BCUT2D eigenvalue weighted by molar-refractivity contribution is 5.35. The molecule has 0 radical (unpaired) electrons. The van der Waals surface area contributed by atoms with E-state index < -0.39 is 0 Å². The molecule has 0 amide bonds. The number of phenols is 1. The van der Waals surface area contributed by atoms with Gasteiger partial charge in [0.1, 0.15) is 11.6 Å². The molecule has 0 spiro atoms. The van der Waals surface area contributed by atoms with E-state index in [1.165, 1.54) is 44.0 Å². The topological polar surface area (TPSA) is 26.7 Å². The van der Waals surface area contributed by atoms with Crippen LogP contribution in [0.4, 0.5) is 4.39 Å². The maximum absolute atomic E-state index is 13.5. The van der Waals surface area contributed by atoms with Gasteiger partial charge in [-0.3, -0.25) is 9.80 Å². The third kappa shape index (κ3) is 2.92. The maximum atomic E-state index is 13.5. The van der Waals surface area contributed by atoms with Crippen LogP contribution in [-0.4, -0.2) is 46.6 Å². The molecule has 1 aromatic rings. The number of phenolic OH excluding ortho intramolecular Hbond substituents is 1. The van der Waals surface area contributed by atoms with Crippen molar-refractivity contribution in [3.8, 4) is 5.75 Å². The van der Waals surface area contributed by atoms with Crippen molar-refractivity contribution < 1.29 is 9.50 Å². The molecule has 1 N–H and O–H groups in total. The van der Waals surface area contributed by atoms with Gasteiger partial charge in [-0.05, 0) is 51.4 Å². The smallest absolute Gasteiger partial charge is 0.123 e. The highest BCUT2D eigenvalue weighted by atomic mass is 19.1. The fourth-order valence-corrected chi connectivity index (χ4v) is 3.95. The Balaban J connectivity index is 1.80. The van der Waals surface area contributed by atoms with Crippen LogP contribution in [-0.2, 0) is 0 Å². The first-order valence-electron chi connectivity index (χ1n) is 8.04. The molecule has 3 rings (SSSR count). The molecule has 3 nitrogen and oxygen atoms in total. The van der Waals surface area contributed by atoms with E-state index in [1.807, 2.05) is 0 Å². The number of fused-ring (bicyclic) bond motifs is 1. The van der Waals surface area contributed by atoms with Gasteiger partial charge in [0.15, 0.2) is 0 Å². The lowest BCUT2D eigenvalue weighted by molar-refractivity contribution is -0.00505. The fraction of sp³-hybridized carbons (Fsp3) is 0.647. The predicted octanol–water partition coefficient (Wildman–Crippen LogP) is 3.15. The zero-order valence-electron chi connectivity index (χ0n) is 12.9. The fourth-order valence-electron chi connectivity index (χ4n) is 3.95. The van der Waals surface area contributed by atoms with Crippen molar-refractivity contribution in [3.05, 3.63) is 29.6 Å². The number of hydrogen-bond donors (Lipinski definition) is 1. The number of nitrogens with zero attached hydrogens (tertiary/aromatic N) is 2. The van der Waals surface area contributed by atoms with Crippen LogP contribution in [0.25, 0.3) is 0 Å². The Hall–Kier alpha value is -1.13.